The van der Waals surface area contributed by atoms with Crippen molar-refractivity contribution in [3.8, 4) is 5.75 Å². The minimum Gasteiger partial charge on any atom is -0.493 e. The molecule has 0 spiro atoms. The second-order valence-electron chi connectivity index (χ2n) is 5.35. The predicted octanol–water partition coefficient (Wildman–Crippen LogP) is 3.94. The van der Waals surface area contributed by atoms with Gasteiger partial charge in [-0.2, -0.15) is 0 Å². The van der Waals surface area contributed by atoms with Crippen LogP contribution in [0.5, 0.6) is 5.75 Å². The summed E-state index contributed by atoms with van der Waals surface area (Å²) in [4.78, 5) is 25.5. The smallest absolute Gasteiger partial charge is 0.293 e. The van der Waals surface area contributed by atoms with Crippen molar-refractivity contribution in [1.29, 1.82) is 0 Å². The summed E-state index contributed by atoms with van der Waals surface area (Å²) in [5, 5.41) is -0.256. The molecule has 1 aromatic carbocycles. The van der Waals surface area contributed by atoms with E-state index in [9.17, 15) is 9.59 Å². The highest BCUT2D eigenvalue weighted by Crippen LogP contribution is 2.32. The average Bonchev–Trinajstić information content (AvgIpc) is 2.74. The van der Waals surface area contributed by atoms with Crippen LogP contribution in [0.4, 0.5) is 4.79 Å². The highest BCUT2D eigenvalue weighted by Gasteiger charge is 2.33. The molecule has 1 aliphatic rings. The highest BCUT2D eigenvalue weighted by molar-refractivity contribution is 8.18. The molecule has 1 fully saturated rings. The molecule has 0 N–H and O–H groups in total. The number of amides is 2. The van der Waals surface area contributed by atoms with Gasteiger partial charge < -0.3 is 4.74 Å². The summed E-state index contributed by atoms with van der Waals surface area (Å²) < 4.78 is 5.61. The fourth-order valence-electron chi connectivity index (χ4n) is 1.86. The van der Waals surface area contributed by atoms with E-state index in [2.05, 4.69) is 20.4 Å². The summed E-state index contributed by atoms with van der Waals surface area (Å²) in [7, 11) is 0. The Morgan fingerprint density at radius 2 is 1.95 bits per heavy atom. The van der Waals surface area contributed by atoms with Crippen LogP contribution in [0.1, 0.15) is 19.4 Å². The Bertz CT molecular complexity index is 605. The molecule has 22 heavy (non-hydrogen) atoms. The van der Waals surface area contributed by atoms with Crippen molar-refractivity contribution in [3.05, 3.63) is 47.4 Å². The number of benzene rings is 1. The van der Waals surface area contributed by atoms with Crippen LogP contribution in [-0.4, -0.2) is 29.2 Å². The second kappa shape index (κ2) is 7.31. The number of nitrogens with zero attached hydrogens (tertiary/aromatic N) is 1. The van der Waals surface area contributed by atoms with Crippen LogP contribution in [0, 0.1) is 5.92 Å². The van der Waals surface area contributed by atoms with E-state index < -0.39 is 0 Å². The van der Waals surface area contributed by atoms with Crippen LogP contribution < -0.4 is 4.74 Å². The van der Waals surface area contributed by atoms with Crippen molar-refractivity contribution in [2.75, 3.05) is 13.2 Å². The number of carbonyl (C=O) groups excluding carboxylic acids is 2. The molecular weight excluding hydrogens is 298 g/mol. The first-order valence-corrected chi connectivity index (χ1v) is 7.92. The van der Waals surface area contributed by atoms with Crippen LogP contribution in [0.15, 0.2) is 41.8 Å². The Labute approximate surface area is 134 Å². The number of hydrogen-bond acceptors (Lipinski definition) is 4. The van der Waals surface area contributed by atoms with Gasteiger partial charge in [-0.1, -0.05) is 32.1 Å². The van der Waals surface area contributed by atoms with Crippen LogP contribution in [0.25, 0.3) is 6.08 Å². The van der Waals surface area contributed by atoms with Gasteiger partial charge in [-0.15, -0.1) is 6.58 Å². The van der Waals surface area contributed by atoms with E-state index in [1.54, 1.807) is 12.2 Å². The van der Waals surface area contributed by atoms with Gasteiger partial charge in [-0.25, -0.2) is 0 Å². The van der Waals surface area contributed by atoms with Gasteiger partial charge in [0.25, 0.3) is 11.1 Å². The third kappa shape index (κ3) is 4.01. The van der Waals surface area contributed by atoms with E-state index in [0.29, 0.717) is 17.4 Å². The maximum Gasteiger partial charge on any atom is 0.293 e. The van der Waals surface area contributed by atoms with E-state index in [1.165, 1.54) is 4.90 Å². The number of thioether (sulfide) groups is 1. The second-order valence-corrected chi connectivity index (χ2v) is 6.35. The zero-order valence-corrected chi connectivity index (χ0v) is 13.6. The van der Waals surface area contributed by atoms with Crippen molar-refractivity contribution in [1.82, 2.24) is 4.90 Å². The van der Waals surface area contributed by atoms with Crippen LogP contribution in [0.3, 0.4) is 0 Å². The fourth-order valence-corrected chi connectivity index (χ4v) is 2.71. The summed E-state index contributed by atoms with van der Waals surface area (Å²) in [6.45, 7) is 8.64. The molecule has 0 aliphatic carbocycles. The van der Waals surface area contributed by atoms with Gasteiger partial charge in [0.2, 0.25) is 0 Å². The number of imide groups is 1. The average molecular weight is 317 g/mol. The van der Waals surface area contributed by atoms with E-state index in [1.807, 2.05) is 24.3 Å². The Hall–Kier alpha value is -2.01. The Morgan fingerprint density at radius 3 is 2.55 bits per heavy atom. The van der Waals surface area contributed by atoms with Gasteiger partial charge in [0.1, 0.15) is 5.75 Å². The topological polar surface area (TPSA) is 46.6 Å². The van der Waals surface area contributed by atoms with Crippen LogP contribution >= 0.6 is 11.8 Å². The normalized spacial score (nSPS) is 16.7. The molecule has 2 amide bonds. The van der Waals surface area contributed by atoms with E-state index >= 15 is 0 Å². The molecule has 2 rings (SSSR count). The highest BCUT2D eigenvalue weighted by atomic mass is 32.2. The van der Waals surface area contributed by atoms with E-state index in [-0.39, 0.29) is 17.7 Å². The monoisotopic (exact) mass is 317 g/mol. The number of ether oxygens (including phenoxy) is 1. The summed E-state index contributed by atoms with van der Waals surface area (Å²) in [5.41, 5.74) is 0.862. The molecule has 1 aromatic rings. The largest absolute Gasteiger partial charge is 0.493 e. The van der Waals surface area contributed by atoms with Gasteiger partial charge >= 0.3 is 0 Å². The fraction of sp³-hybridized carbons (Fsp3) is 0.294. The van der Waals surface area contributed by atoms with Gasteiger partial charge in [0.05, 0.1) is 11.5 Å². The first-order valence-electron chi connectivity index (χ1n) is 7.10. The quantitative estimate of drug-likeness (QED) is 0.589. The molecular formula is C17H19NO3S. The maximum absolute atomic E-state index is 12.1. The summed E-state index contributed by atoms with van der Waals surface area (Å²) in [5.74, 6) is 0.997. The molecule has 116 valence electrons. The molecule has 0 bridgehead atoms. The standard InChI is InChI=1S/C17H19NO3S/c1-4-9-18-16(19)15(22-17(18)20)10-13-5-7-14(8-6-13)21-11-12(2)3/h4-8,10,12H,1,9,11H2,2-3H3/b15-10+. The molecule has 0 saturated carbocycles. The molecule has 4 nitrogen and oxygen atoms in total. The first-order chi connectivity index (χ1) is 10.5. The summed E-state index contributed by atoms with van der Waals surface area (Å²) >= 11 is 0.954. The van der Waals surface area contributed by atoms with Crippen molar-refractivity contribution >= 4 is 29.0 Å². The molecule has 0 aromatic heterocycles. The van der Waals surface area contributed by atoms with Gasteiger partial charge in [0, 0.05) is 6.54 Å². The van der Waals surface area contributed by atoms with E-state index in [4.69, 9.17) is 4.74 Å². The molecule has 0 atom stereocenters. The van der Waals surface area contributed by atoms with Crippen LogP contribution in [-0.2, 0) is 4.79 Å². The maximum atomic E-state index is 12.1. The summed E-state index contributed by atoms with van der Waals surface area (Å²) in [6, 6.07) is 7.47. The number of hydrogen-bond donors (Lipinski definition) is 0. The SMILES string of the molecule is C=CCN1C(=O)S/C(=C/c2ccc(OCC(C)C)cc2)C1=O. The van der Waals surface area contributed by atoms with Gasteiger partial charge in [-0.3, -0.25) is 14.5 Å². The molecule has 0 radical (unpaired) electrons. The minimum absolute atomic E-state index is 0.240. The Balaban J connectivity index is 2.08. The molecule has 1 saturated heterocycles. The van der Waals surface area contributed by atoms with Crippen molar-refractivity contribution in [2.24, 2.45) is 5.92 Å². The third-order valence-electron chi connectivity index (χ3n) is 2.95. The Kier molecular flexibility index (Phi) is 5.44. The third-order valence-corrected chi connectivity index (χ3v) is 3.85. The van der Waals surface area contributed by atoms with Crippen molar-refractivity contribution < 1.29 is 14.3 Å². The lowest BCUT2D eigenvalue weighted by molar-refractivity contribution is -0.122. The molecule has 1 aliphatic heterocycles. The lowest BCUT2D eigenvalue weighted by Gasteiger charge is -2.08. The minimum atomic E-state index is -0.268. The zero-order valence-electron chi connectivity index (χ0n) is 12.7. The van der Waals surface area contributed by atoms with Gasteiger partial charge in [-0.05, 0) is 41.5 Å². The number of rotatable bonds is 6. The summed E-state index contributed by atoms with van der Waals surface area (Å²) in [6.07, 6.45) is 3.26. The van der Waals surface area contributed by atoms with Crippen molar-refractivity contribution in [2.45, 2.75) is 13.8 Å². The predicted molar refractivity (Wildman–Crippen MR) is 89.6 cm³/mol. The van der Waals surface area contributed by atoms with Crippen molar-refractivity contribution in [3.63, 3.8) is 0 Å². The lowest BCUT2D eigenvalue weighted by atomic mass is 10.2. The first kappa shape index (κ1) is 16.4. The zero-order chi connectivity index (χ0) is 16.1. The Morgan fingerprint density at radius 1 is 1.27 bits per heavy atom. The lowest BCUT2D eigenvalue weighted by Crippen LogP contribution is -2.27. The molecule has 0 unspecified atom stereocenters. The number of carbonyl (C=O) groups is 2. The molecule has 1 heterocycles. The van der Waals surface area contributed by atoms with E-state index in [0.717, 1.165) is 23.1 Å². The van der Waals surface area contributed by atoms with Crippen LogP contribution in [0.2, 0.25) is 0 Å². The molecule has 5 heteroatoms. The van der Waals surface area contributed by atoms with Gasteiger partial charge in [0.15, 0.2) is 0 Å².